The van der Waals surface area contributed by atoms with Gasteiger partial charge in [0.05, 0.1) is 16.8 Å². The van der Waals surface area contributed by atoms with E-state index in [1.165, 1.54) is 0 Å². The Morgan fingerprint density at radius 1 is 1.00 bits per heavy atom. The van der Waals surface area contributed by atoms with Gasteiger partial charge in [-0.1, -0.05) is 29.3 Å². The van der Waals surface area contributed by atoms with E-state index < -0.39 is 0 Å². The number of thiocarbonyl (C=S) groups is 1. The van der Waals surface area contributed by atoms with E-state index in [0.29, 0.717) is 26.7 Å². The van der Waals surface area contributed by atoms with Crippen molar-refractivity contribution in [3.05, 3.63) is 100 Å². The third-order valence-electron chi connectivity index (χ3n) is 5.34. The monoisotopic (exact) mass is 481 g/mol. The fourth-order valence-electron chi connectivity index (χ4n) is 3.88. The largest absolute Gasteiger partial charge is 0.508 e. The number of rotatable bonds is 4. The molecule has 160 valence electrons. The van der Waals surface area contributed by atoms with Crippen LogP contribution in [0.5, 0.6) is 5.75 Å². The molecule has 0 bridgehead atoms. The Labute approximate surface area is 200 Å². The minimum atomic E-state index is -0.304. The van der Waals surface area contributed by atoms with E-state index in [1.807, 2.05) is 53.4 Å². The minimum absolute atomic E-state index is 0.183. The third kappa shape index (κ3) is 3.81. The molecule has 0 amide bonds. The summed E-state index contributed by atoms with van der Waals surface area (Å²) in [4.78, 5) is 6.51. The van der Waals surface area contributed by atoms with Gasteiger partial charge in [0.15, 0.2) is 5.11 Å². The molecule has 2 atom stereocenters. The van der Waals surface area contributed by atoms with E-state index in [1.54, 1.807) is 30.5 Å². The predicted octanol–water partition coefficient (Wildman–Crippen LogP) is 6.53. The number of halogens is 2. The zero-order valence-corrected chi connectivity index (χ0v) is 18.9. The number of nitrogens with one attached hydrogen (secondary N) is 1. The number of hydrogen-bond acceptors (Lipinski definition) is 4. The highest BCUT2D eigenvalue weighted by atomic mass is 35.5. The van der Waals surface area contributed by atoms with E-state index >= 15 is 0 Å². The predicted molar refractivity (Wildman–Crippen MR) is 130 cm³/mol. The molecule has 5 rings (SSSR count). The number of pyridine rings is 1. The van der Waals surface area contributed by atoms with Gasteiger partial charge in [-0.05, 0) is 78.9 Å². The lowest BCUT2D eigenvalue weighted by molar-refractivity contribution is 0.439. The molecule has 0 saturated carbocycles. The topological polar surface area (TPSA) is 61.5 Å². The van der Waals surface area contributed by atoms with E-state index in [0.717, 1.165) is 16.9 Å². The van der Waals surface area contributed by atoms with Crippen LogP contribution in [0.3, 0.4) is 0 Å². The molecule has 1 fully saturated rings. The summed E-state index contributed by atoms with van der Waals surface area (Å²) in [5.41, 5.74) is 2.41. The zero-order chi connectivity index (χ0) is 22.2. The average molecular weight is 482 g/mol. The third-order valence-corrected chi connectivity index (χ3v) is 6.20. The van der Waals surface area contributed by atoms with Crippen LogP contribution < -0.4 is 10.2 Å². The summed E-state index contributed by atoms with van der Waals surface area (Å²) in [5.74, 6) is 1.51. The van der Waals surface area contributed by atoms with Gasteiger partial charge in [-0.25, -0.2) is 0 Å². The Hall–Kier alpha value is -3.06. The van der Waals surface area contributed by atoms with Gasteiger partial charge in [0, 0.05) is 22.5 Å². The Bertz CT molecular complexity index is 1280. The molecule has 2 aromatic carbocycles. The molecule has 1 saturated heterocycles. The summed E-state index contributed by atoms with van der Waals surface area (Å²) in [7, 11) is 0. The lowest BCUT2D eigenvalue weighted by atomic mass is 10.0. The summed E-state index contributed by atoms with van der Waals surface area (Å²) in [6, 6.07) is 21.2. The van der Waals surface area contributed by atoms with Crippen molar-refractivity contribution in [2.24, 2.45) is 0 Å². The fourth-order valence-corrected chi connectivity index (χ4v) is 4.73. The first-order chi connectivity index (χ1) is 15.5. The van der Waals surface area contributed by atoms with Crippen LogP contribution in [0.2, 0.25) is 10.0 Å². The van der Waals surface area contributed by atoms with E-state index in [-0.39, 0.29) is 17.8 Å². The Kier molecular flexibility index (Phi) is 5.51. The lowest BCUT2D eigenvalue weighted by Crippen LogP contribution is -2.29. The quantitative estimate of drug-likeness (QED) is 0.323. The van der Waals surface area contributed by atoms with Crippen molar-refractivity contribution >= 4 is 46.2 Å². The first kappa shape index (κ1) is 20.8. The summed E-state index contributed by atoms with van der Waals surface area (Å²) in [5, 5.41) is 14.7. The SMILES string of the molecule is Oc1ccc(N2C(=S)NC(c3ccccn3)C2c2ccc(-c3ccc(Cl)cc3Cl)o2)cc1. The molecule has 2 aromatic heterocycles. The number of nitrogens with zero attached hydrogens (tertiary/aromatic N) is 2. The smallest absolute Gasteiger partial charge is 0.174 e. The molecule has 1 aliphatic heterocycles. The normalized spacial score (nSPS) is 18.1. The van der Waals surface area contributed by atoms with Crippen molar-refractivity contribution in [1.29, 1.82) is 0 Å². The van der Waals surface area contributed by atoms with E-state index in [4.69, 9.17) is 39.8 Å². The van der Waals surface area contributed by atoms with Crippen molar-refractivity contribution in [3.63, 3.8) is 0 Å². The molecule has 0 spiro atoms. The first-order valence-corrected chi connectivity index (χ1v) is 11.0. The number of phenolic OH excluding ortho intramolecular Hbond substituents is 1. The second-order valence-electron chi connectivity index (χ2n) is 7.34. The molecule has 1 aliphatic rings. The van der Waals surface area contributed by atoms with E-state index in [9.17, 15) is 5.11 Å². The highest BCUT2D eigenvalue weighted by molar-refractivity contribution is 7.80. The number of benzene rings is 2. The van der Waals surface area contributed by atoms with Gasteiger partial charge in [-0.3, -0.25) is 4.98 Å². The minimum Gasteiger partial charge on any atom is -0.508 e. The maximum absolute atomic E-state index is 9.74. The number of aromatic hydroxyl groups is 1. The number of phenols is 1. The summed E-state index contributed by atoms with van der Waals surface area (Å²) in [6.45, 7) is 0. The molecule has 8 heteroatoms. The van der Waals surface area contributed by atoms with Gasteiger partial charge in [0.2, 0.25) is 0 Å². The van der Waals surface area contributed by atoms with Gasteiger partial charge in [0.1, 0.15) is 23.3 Å². The van der Waals surface area contributed by atoms with Crippen LogP contribution in [-0.4, -0.2) is 15.2 Å². The highest BCUT2D eigenvalue weighted by Gasteiger charge is 2.42. The van der Waals surface area contributed by atoms with E-state index in [2.05, 4.69) is 10.3 Å². The average Bonchev–Trinajstić information content (AvgIpc) is 3.39. The Morgan fingerprint density at radius 2 is 1.81 bits per heavy atom. The molecule has 2 unspecified atom stereocenters. The van der Waals surface area contributed by atoms with Crippen molar-refractivity contribution in [2.45, 2.75) is 12.1 Å². The van der Waals surface area contributed by atoms with Crippen LogP contribution in [0.15, 0.2) is 83.4 Å². The Balaban J connectivity index is 1.60. The first-order valence-electron chi connectivity index (χ1n) is 9.86. The van der Waals surface area contributed by atoms with Crippen LogP contribution in [0.25, 0.3) is 11.3 Å². The van der Waals surface area contributed by atoms with Gasteiger partial charge >= 0.3 is 0 Å². The Morgan fingerprint density at radius 3 is 2.53 bits per heavy atom. The van der Waals surface area contributed by atoms with Crippen molar-refractivity contribution in [1.82, 2.24) is 10.3 Å². The van der Waals surface area contributed by atoms with Gasteiger partial charge < -0.3 is 19.7 Å². The van der Waals surface area contributed by atoms with Crippen LogP contribution in [0.1, 0.15) is 23.5 Å². The van der Waals surface area contributed by atoms with Crippen LogP contribution in [0.4, 0.5) is 5.69 Å². The zero-order valence-electron chi connectivity index (χ0n) is 16.6. The summed E-state index contributed by atoms with van der Waals surface area (Å²) in [6.07, 6.45) is 1.75. The number of aromatic nitrogens is 1. The number of anilines is 1. The fraction of sp³-hybridized carbons (Fsp3) is 0.0833. The van der Waals surface area contributed by atoms with Crippen LogP contribution in [0, 0.1) is 0 Å². The molecule has 32 heavy (non-hydrogen) atoms. The maximum atomic E-state index is 9.74. The molecule has 0 radical (unpaired) electrons. The highest BCUT2D eigenvalue weighted by Crippen LogP contribution is 2.43. The van der Waals surface area contributed by atoms with Gasteiger partial charge in [-0.15, -0.1) is 0 Å². The summed E-state index contributed by atoms with van der Waals surface area (Å²) >= 11 is 18.1. The van der Waals surface area contributed by atoms with Crippen molar-refractivity contribution in [3.8, 4) is 17.1 Å². The molecule has 2 N–H and O–H groups in total. The maximum Gasteiger partial charge on any atom is 0.174 e. The van der Waals surface area contributed by atoms with Crippen molar-refractivity contribution < 1.29 is 9.52 Å². The number of hydrogen-bond donors (Lipinski definition) is 2. The molecular formula is C24H17Cl2N3O2S. The molecule has 0 aliphatic carbocycles. The summed E-state index contributed by atoms with van der Waals surface area (Å²) < 4.78 is 6.30. The van der Waals surface area contributed by atoms with Crippen LogP contribution >= 0.6 is 35.4 Å². The van der Waals surface area contributed by atoms with Crippen molar-refractivity contribution in [2.75, 3.05) is 4.90 Å². The van der Waals surface area contributed by atoms with Gasteiger partial charge in [-0.2, -0.15) is 0 Å². The molecule has 3 heterocycles. The van der Waals surface area contributed by atoms with Gasteiger partial charge in [0.25, 0.3) is 0 Å². The van der Waals surface area contributed by atoms with Crippen LogP contribution in [-0.2, 0) is 0 Å². The standard InChI is InChI=1S/C24H17Cl2N3O2S/c25-14-4-9-17(18(26)13-14)20-10-11-21(31-20)23-22(19-3-1-2-12-27-19)28-24(32)29(23)15-5-7-16(30)8-6-15/h1-13,22-23,30H,(H,28,32). The molecule has 5 nitrogen and oxygen atoms in total. The second-order valence-corrected chi connectivity index (χ2v) is 8.57. The lowest BCUT2D eigenvalue weighted by Gasteiger charge is -2.26. The second kappa shape index (κ2) is 8.47. The molecule has 4 aromatic rings. The number of furan rings is 1. The molecular weight excluding hydrogens is 465 g/mol.